The molecule has 3 N–H and O–H groups in total. The van der Waals surface area contributed by atoms with Crippen LogP contribution in [0, 0.1) is 5.41 Å². The van der Waals surface area contributed by atoms with Crippen molar-refractivity contribution >= 4 is 35.0 Å². The van der Waals surface area contributed by atoms with Gasteiger partial charge < -0.3 is 30.1 Å². The van der Waals surface area contributed by atoms with Crippen LogP contribution in [0.4, 0.5) is 30.5 Å². The summed E-state index contributed by atoms with van der Waals surface area (Å²) in [6.07, 6.45) is -4.84. The number of halogens is 3. The number of carbonyl (C=O) groups excluding carboxylic acids is 1. The van der Waals surface area contributed by atoms with E-state index in [9.17, 15) is 23.1 Å². The van der Waals surface area contributed by atoms with Crippen LogP contribution in [-0.2, 0) is 6.18 Å². The van der Waals surface area contributed by atoms with Crippen molar-refractivity contribution in [1.82, 2.24) is 13.6 Å². The van der Waals surface area contributed by atoms with Gasteiger partial charge in [0.05, 0.1) is 34.6 Å². The minimum Gasteiger partial charge on any atom is -0.505 e. The molecule has 0 fully saturated rings. The summed E-state index contributed by atoms with van der Waals surface area (Å²) < 4.78 is 60.1. The van der Waals surface area contributed by atoms with E-state index in [2.05, 4.69) is 19.4 Å². The van der Waals surface area contributed by atoms with Crippen LogP contribution in [0.15, 0.2) is 30.3 Å². The number of carbonyl (C=O) groups is 1. The zero-order chi connectivity index (χ0) is 27.1. The topological polar surface area (TPSA) is 109 Å². The Hall–Kier alpha value is -3.74. The molecular weight excluding hydrogens is 511 g/mol. The average molecular weight is 538 g/mol. The number of aromatic nitrogens is 2. The Morgan fingerprint density at radius 3 is 2.41 bits per heavy atom. The maximum atomic E-state index is 13.6. The first-order valence-corrected chi connectivity index (χ1v) is 11.9. The van der Waals surface area contributed by atoms with Gasteiger partial charge in [0.15, 0.2) is 28.9 Å². The maximum absolute atomic E-state index is 13.6. The number of anilines is 3. The van der Waals surface area contributed by atoms with Gasteiger partial charge in [-0.25, -0.2) is 0 Å². The summed E-state index contributed by atoms with van der Waals surface area (Å²) in [5.74, 6) is -0.0545. The molecule has 4 rings (SSSR count). The lowest BCUT2D eigenvalue weighted by Crippen LogP contribution is -2.26. The molecule has 1 atom stereocenters. The normalized spacial score (nSPS) is 13.8. The Balaban J connectivity index is 1.68. The highest BCUT2D eigenvalue weighted by atomic mass is 32.1. The molecule has 37 heavy (non-hydrogen) atoms. The number of nitrogens with one attached hydrogen (secondary N) is 2. The summed E-state index contributed by atoms with van der Waals surface area (Å²) in [7, 11) is 2.61. The molecule has 0 radical (unpaired) electrons. The van der Waals surface area contributed by atoms with E-state index in [4.69, 9.17) is 9.47 Å². The van der Waals surface area contributed by atoms with Crippen molar-refractivity contribution in [3.05, 3.63) is 47.0 Å². The second kappa shape index (κ2) is 9.61. The van der Waals surface area contributed by atoms with Gasteiger partial charge in [-0.2, -0.15) is 21.9 Å². The number of phenolic OH excluding ortho intramolecular Hbond substituents is 1. The molecule has 1 aliphatic rings. The highest BCUT2D eigenvalue weighted by Gasteiger charge is 2.38. The zero-order valence-electron chi connectivity index (χ0n) is 20.7. The monoisotopic (exact) mass is 537 g/mol. The number of phenols is 1. The van der Waals surface area contributed by atoms with Crippen molar-refractivity contribution in [2.45, 2.75) is 33.0 Å². The van der Waals surface area contributed by atoms with Gasteiger partial charge in [0.25, 0.3) is 5.91 Å². The second-order valence-corrected chi connectivity index (χ2v) is 10.3. The lowest BCUT2D eigenvalue weighted by molar-refractivity contribution is -0.138. The Kier molecular flexibility index (Phi) is 6.84. The summed E-state index contributed by atoms with van der Waals surface area (Å²) in [5.41, 5.74) is -1.62. The molecule has 13 heteroatoms. The van der Waals surface area contributed by atoms with E-state index in [1.54, 1.807) is 0 Å². The van der Waals surface area contributed by atoms with Crippen molar-refractivity contribution in [2.24, 2.45) is 5.41 Å². The number of aromatic hydroxyl groups is 1. The highest BCUT2D eigenvalue weighted by molar-refractivity contribution is 6.99. The van der Waals surface area contributed by atoms with Crippen LogP contribution < -0.4 is 20.1 Å². The van der Waals surface area contributed by atoms with Gasteiger partial charge in [0.2, 0.25) is 6.79 Å². The molecule has 0 bridgehead atoms. The van der Waals surface area contributed by atoms with E-state index in [1.165, 1.54) is 14.1 Å². The van der Waals surface area contributed by atoms with E-state index in [1.807, 2.05) is 39.0 Å². The molecule has 3 aromatic rings. The van der Waals surface area contributed by atoms with Crippen molar-refractivity contribution < 1.29 is 32.5 Å². The number of benzene rings is 2. The molecule has 9 nitrogen and oxygen atoms in total. The van der Waals surface area contributed by atoms with Crippen molar-refractivity contribution in [1.29, 1.82) is 0 Å². The van der Waals surface area contributed by atoms with Crippen LogP contribution in [0.2, 0.25) is 0 Å². The summed E-state index contributed by atoms with van der Waals surface area (Å²) in [6.45, 7) is 6.24. The van der Waals surface area contributed by atoms with Gasteiger partial charge in [-0.1, -0.05) is 26.8 Å². The molecule has 1 aromatic heterocycles. The van der Waals surface area contributed by atoms with Gasteiger partial charge in [-0.15, -0.1) is 0 Å². The number of hydrogen-bond donors (Lipinski definition) is 3. The number of rotatable bonds is 6. The lowest BCUT2D eigenvalue weighted by atomic mass is 9.82. The number of alkyl halides is 3. The summed E-state index contributed by atoms with van der Waals surface area (Å²) in [5, 5.41) is 16.9. The van der Waals surface area contributed by atoms with Gasteiger partial charge in [-0.3, -0.25) is 4.79 Å². The summed E-state index contributed by atoms with van der Waals surface area (Å²) >= 11 is 0.876. The Bertz CT molecular complexity index is 1320. The fourth-order valence-electron chi connectivity index (χ4n) is 3.89. The fourth-order valence-corrected chi connectivity index (χ4v) is 4.37. The highest BCUT2D eigenvalue weighted by Crippen LogP contribution is 2.44. The number of hydrogen-bond acceptors (Lipinski definition) is 9. The van der Waals surface area contributed by atoms with Gasteiger partial charge in [-0.05, 0) is 35.2 Å². The van der Waals surface area contributed by atoms with E-state index >= 15 is 0 Å². The predicted molar refractivity (Wildman–Crippen MR) is 133 cm³/mol. The van der Waals surface area contributed by atoms with Crippen LogP contribution in [0.25, 0.3) is 0 Å². The molecule has 0 saturated carbocycles. The van der Waals surface area contributed by atoms with Gasteiger partial charge in [0, 0.05) is 14.1 Å². The van der Waals surface area contributed by atoms with E-state index < -0.39 is 29.0 Å². The van der Waals surface area contributed by atoms with E-state index in [-0.39, 0.29) is 29.8 Å². The van der Waals surface area contributed by atoms with Crippen LogP contribution in [-0.4, -0.2) is 45.5 Å². The molecule has 0 spiro atoms. The smallest absolute Gasteiger partial charge is 0.417 e. The first-order valence-electron chi connectivity index (χ1n) is 11.2. The SMILES string of the molecule is CN(C)C(=O)c1c(C(F)(F)F)ccc(Nc2nsnc2N[C@@H](c2ccc3c(c2)OCO3)C(C)(C)C)c1O. The Morgan fingerprint density at radius 1 is 1.08 bits per heavy atom. The third-order valence-corrected chi connectivity index (χ3v) is 6.25. The first-order chi connectivity index (χ1) is 17.3. The zero-order valence-corrected chi connectivity index (χ0v) is 21.5. The second-order valence-electron chi connectivity index (χ2n) is 9.72. The molecule has 0 aliphatic carbocycles. The standard InChI is InChI=1S/C24H26F3N5O4S/c1-23(2,3)19(12-6-9-15-16(10-12)36-11-35-15)29-21-20(30-37-31-21)28-14-8-7-13(24(25,26)27)17(18(14)33)22(34)32(4)5/h6-10,19,33H,11H2,1-5H3,(H,28,30)(H,29,31)/t19-/m0/s1. The van der Waals surface area contributed by atoms with Crippen LogP contribution in [0.3, 0.4) is 0 Å². The third kappa shape index (κ3) is 5.36. The molecule has 2 aromatic carbocycles. The minimum absolute atomic E-state index is 0.121. The quantitative estimate of drug-likeness (QED) is 0.347. The number of nitrogens with zero attached hydrogens (tertiary/aromatic N) is 3. The largest absolute Gasteiger partial charge is 0.505 e. The fraction of sp³-hybridized carbons (Fsp3) is 0.375. The average Bonchev–Trinajstić information content (AvgIpc) is 3.45. The molecular formula is C24H26F3N5O4S. The molecule has 198 valence electrons. The number of fused-ring (bicyclic) bond motifs is 1. The number of ether oxygens (including phenoxy) is 2. The molecule has 1 aliphatic heterocycles. The first kappa shape index (κ1) is 26.3. The van der Waals surface area contributed by atoms with Gasteiger partial charge in [0.1, 0.15) is 0 Å². The Morgan fingerprint density at radius 2 is 1.76 bits per heavy atom. The van der Waals surface area contributed by atoms with Crippen molar-refractivity contribution in [3.63, 3.8) is 0 Å². The third-order valence-electron chi connectivity index (χ3n) is 5.72. The summed E-state index contributed by atoms with van der Waals surface area (Å²) in [6, 6.07) is 7.12. The molecule has 0 unspecified atom stereocenters. The Labute approximate surface area is 215 Å². The van der Waals surface area contributed by atoms with Crippen LogP contribution >= 0.6 is 11.7 Å². The van der Waals surface area contributed by atoms with E-state index in [0.29, 0.717) is 17.3 Å². The molecule has 0 saturated heterocycles. The minimum atomic E-state index is -4.84. The van der Waals surface area contributed by atoms with Crippen LogP contribution in [0.1, 0.15) is 48.3 Å². The van der Waals surface area contributed by atoms with Gasteiger partial charge >= 0.3 is 6.18 Å². The van der Waals surface area contributed by atoms with Crippen molar-refractivity contribution in [2.75, 3.05) is 31.5 Å². The maximum Gasteiger partial charge on any atom is 0.417 e. The summed E-state index contributed by atoms with van der Waals surface area (Å²) in [4.78, 5) is 13.5. The van der Waals surface area contributed by atoms with Crippen molar-refractivity contribution in [3.8, 4) is 17.2 Å². The number of amides is 1. The van der Waals surface area contributed by atoms with E-state index in [0.717, 1.165) is 34.3 Å². The predicted octanol–water partition coefficient (Wildman–Crippen LogP) is 5.64. The molecule has 2 heterocycles. The lowest BCUT2D eigenvalue weighted by Gasteiger charge is -2.32. The molecule has 1 amide bonds. The van der Waals surface area contributed by atoms with Crippen LogP contribution in [0.5, 0.6) is 17.2 Å².